The van der Waals surface area contributed by atoms with Crippen molar-refractivity contribution in [1.82, 2.24) is 14.4 Å². The molecule has 0 spiro atoms. The number of fused-ring (bicyclic) bond motifs is 3. The van der Waals surface area contributed by atoms with Crippen molar-refractivity contribution in [1.29, 1.82) is 0 Å². The van der Waals surface area contributed by atoms with Gasteiger partial charge in [-0.05, 0) is 38.7 Å². The van der Waals surface area contributed by atoms with Gasteiger partial charge in [-0.15, -0.1) is 0 Å². The lowest BCUT2D eigenvalue weighted by Crippen LogP contribution is -2.44. The van der Waals surface area contributed by atoms with E-state index in [1.54, 1.807) is 0 Å². The second kappa shape index (κ2) is 9.21. The number of aryl methyl sites for hydroxylation is 1. The molecule has 178 valence electrons. The number of benzene rings is 1. The summed E-state index contributed by atoms with van der Waals surface area (Å²) in [5.41, 5.74) is 8.42. The normalized spacial score (nSPS) is 20.6. The van der Waals surface area contributed by atoms with Crippen LogP contribution in [0.4, 0.5) is 0 Å². The number of carbonyl (C=O) groups excluding carboxylic acids is 2. The summed E-state index contributed by atoms with van der Waals surface area (Å²) in [7, 11) is 2.05. The van der Waals surface area contributed by atoms with Crippen LogP contribution in [-0.2, 0) is 23.0 Å². The number of para-hydroxylation sites is 1. The fourth-order valence-electron chi connectivity index (χ4n) is 5.26. The topological polar surface area (TPSA) is 80.8 Å². The lowest BCUT2D eigenvalue weighted by atomic mass is 9.82. The minimum atomic E-state index is -0.614. The first-order valence-electron chi connectivity index (χ1n) is 12.0. The molecule has 0 fully saturated rings. The van der Waals surface area contributed by atoms with Crippen LogP contribution in [0.25, 0.3) is 10.9 Å². The Balaban J connectivity index is 1.40. The van der Waals surface area contributed by atoms with E-state index in [2.05, 4.69) is 35.6 Å². The van der Waals surface area contributed by atoms with Crippen molar-refractivity contribution >= 4 is 22.7 Å². The number of carbonyl (C=O) groups is 2. The molecule has 0 saturated carbocycles. The van der Waals surface area contributed by atoms with E-state index < -0.39 is 5.41 Å². The maximum atomic E-state index is 13.5. The summed E-state index contributed by atoms with van der Waals surface area (Å²) in [4.78, 5) is 30.3. The Labute approximate surface area is 196 Å². The predicted molar refractivity (Wildman–Crippen MR) is 129 cm³/mol. The second-order valence-electron chi connectivity index (χ2n) is 9.39. The summed E-state index contributed by atoms with van der Waals surface area (Å²) < 4.78 is 7.82. The minimum Gasteiger partial charge on any atom is -0.444 e. The van der Waals surface area contributed by atoms with Crippen LogP contribution in [0, 0.1) is 11.3 Å². The van der Waals surface area contributed by atoms with Crippen molar-refractivity contribution in [2.24, 2.45) is 24.1 Å². The van der Waals surface area contributed by atoms with Gasteiger partial charge in [0.1, 0.15) is 6.17 Å². The Kier molecular flexibility index (Phi) is 6.52. The quantitative estimate of drug-likeness (QED) is 0.616. The van der Waals surface area contributed by atoms with E-state index in [9.17, 15) is 9.59 Å². The molecule has 1 aliphatic heterocycles. The molecule has 2 unspecified atom stereocenters. The van der Waals surface area contributed by atoms with Gasteiger partial charge in [-0.25, -0.2) is 0 Å². The second-order valence-corrected chi connectivity index (χ2v) is 9.39. The van der Waals surface area contributed by atoms with E-state index in [1.807, 2.05) is 43.3 Å². The Morgan fingerprint density at radius 3 is 2.58 bits per heavy atom. The molecule has 7 nitrogen and oxygen atoms in total. The number of hydrogen-bond acceptors (Lipinski definition) is 6. The SMILES string of the molecule is CCC(CC)(CN)C(=O)OCN1C=CN(CC2CCc3c(c4ccccc4n3C)C2=O)C1C. The molecular weight excluding hydrogens is 416 g/mol. The number of aromatic nitrogens is 1. The molecule has 0 radical (unpaired) electrons. The Morgan fingerprint density at radius 2 is 1.88 bits per heavy atom. The number of hydrogen-bond donors (Lipinski definition) is 1. The van der Waals surface area contributed by atoms with Gasteiger partial charge in [-0.1, -0.05) is 32.0 Å². The van der Waals surface area contributed by atoms with Gasteiger partial charge in [0.05, 0.1) is 5.41 Å². The molecule has 4 rings (SSSR count). The maximum Gasteiger partial charge on any atom is 0.315 e. The number of nitrogens with zero attached hydrogens (tertiary/aromatic N) is 3. The van der Waals surface area contributed by atoms with E-state index in [0.717, 1.165) is 35.0 Å². The fourth-order valence-corrected chi connectivity index (χ4v) is 5.26. The highest BCUT2D eigenvalue weighted by atomic mass is 16.5. The molecule has 1 aromatic heterocycles. The van der Waals surface area contributed by atoms with Crippen molar-refractivity contribution in [2.75, 3.05) is 19.8 Å². The molecule has 2 N–H and O–H groups in total. The number of nitrogens with two attached hydrogens (primary N) is 1. The lowest BCUT2D eigenvalue weighted by Gasteiger charge is -2.34. The Hall–Kier alpha value is -2.80. The third-order valence-electron chi connectivity index (χ3n) is 7.94. The molecule has 2 atom stereocenters. The molecule has 2 heterocycles. The van der Waals surface area contributed by atoms with Crippen molar-refractivity contribution in [3.05, 3.63) is 47.9 Å². The summed E-state index contributed by atoms with van der Waals surface area (Å²) in [6.45, 7) is 7.14. The van der Waals surface area contributed by atoms with Gasteiger partial charge in [-0.2, -0.15) is 0 Å². The zero-order chi connectivity index (χ0) is 23.8. The van der Waals surface area contributed by atoms with Gasteiger partial charge in [-0.3, -0.25) is 9.59 Å². The van der Waals surface area contributed by atoms with E-state index in [-0.39, 0.29) is 37.1 Å². The molecule has 0 saturated heterocycles. The highest BCUT2D eigenvalue weighted by Crippen LogP contribution is 2.35. The zero-order valence-electron chi connectivity index (χ0n) is 20.2. The number of ketones is 1. The fraction of sp³-hybridized carbons (Fsp3) is 0.538. The zero-order valence-corrected chi connectivity index (χ0v) is 20.2. The smallest absolute Gasteiger partial charge is 0.315 e. The molecule has 33 heavy (non-hydrogen) atoms. The third-order valence-corrected chi connectivity index (χ3v) is 7.94. The first-order valence-corrected chi connectivity index (χ1v) is 12.0. The van der Waals surface area contributed by atoms with Crippen LogP contribution in [0.15, 0.2) is 36.7 Å². The Bertz CT molecular complexity index is 1060. The van der Waals surface area contributed by atoms with Gasteiger partial charge in [0.25, 0.3) is 0 Å². The molecule has 2 aromatic rings. The van der Waals surface area contributed by atoms with Crippen LogP contribution in [0.5, 0.6) is 0 Å². The lowest BCUT2D eigenvalue weighted by molar-refractivity contribution is -0.161. The maximum absolute atomic E-state index is 13.5. The van der Waals surface area contributed by atoms with Gasteiger partial charge in [0, 0.05) is 60.6 Å². The average Bonchev–Trinajstić information content (AvgIpc) is 3.33. The number of Topliss-reactive ketones (excluding diaryl/α,β-unsaturated/α-hetero) is 1. The molecule has 2 aliphatic rings. The average molecular weight is 453 g/mol. The van der Waals surface area contributed by atoms with E-state index in [4.69, 9.17) is 10.5 Å². The standard InChI is InChI=1S/C26H36N4O3/c1-5-26(6-2,16-27)25(32)33-17-30-14-13-29(18(30)3)15-19-11-12-22-23(24(19)31)20-9-7-8-10-21(20)28(22)4/h7-10,13-14,18-19H,5-6,11-12,15-17,27H2,1-4H3. The largest absolute Gasteiger partial charge is 0.444 e. The minimum absolute atomic E-state index is 0.00930. The van der Waals surface area contributed by atoms with Gasteiger partial charge >= 0.3 is 5.97 Å². The van der Waals surface area contributed by atoms with Gasteiger partial charge in [0.2, 0.25) is 0 Å². The summed E-state index contributed by atoms with van der Waals surface area (Å²) in [6.07, 6.45) is 7.02. The molecule has 0 amide bonds. The third kappa shape index (κ3) is 3.92. The van der Waals surface area contributed by atoms with Crippen LogP contribution < -0.4 is 5.73 Å². The highest BCUT2D eigenvalue weighted by Gasteiger charge is 2.37. The molecular formula is C26H36N4O3. The summed E-state index contributed by atoms with van der Waals surface area (Å²) in [6, 6.07) is 8.15. The van der Waals surface area contributed by atoms with Crippen molar-refractivity contribution in [2.45, 2.75) is 52.6 Å². The van der Waals surface area contributed by atoms with Crippen LogP contribution in [0.2, 0.25) is 0 Å². The first kappa shape index (κ1) is 23.4. The first-order chi connectivity index (χ1) is 15.9. The van der Waals surface area contributed by atoms with Crippen molar-refractivity contribution < 1.29 is 14.3 Å². The van der Waals surface area contributed by atoms with Crippen molar-refractivity contribution in [3.63, 3.8) is 0 Å². The number of esters is 1. The summed E-state index contributed by atoms with van der Waals surface area (Å²) in [5, 5.41) is 1.05. The van der Waals surface area contributed by atoms with E-state index in [1.165, 1.54) is 0 Å². The summed E-state index contributed by atoms with van der Waals surface area (Å²) in [5.74, 6) is -0.0554. The Morgan fingerprint density at radius 1 is 1.18 bits per heavy atom. The molecule has 1 aromatic carbocycles. The van der Waals surface area contributed by atoms with Crippen LogP contribution in [-0.4, -0.2) is 52.1 Å². The van der Waals surface area contributed by atoms with Gasteiger partial charge in [0.15, 0.2) is 12.5 Å². The molecule has 1 aliphatic carbocycles. The number of rotatable bonds is 8. The molecule has 7 heteroatoms. The van der Waals surface area contributed by atoms with Crippen LogP contribution in [0.1, 0.15) is 56.1 Å². The van der Waals surface area contributed by atoms with Crippen LogP contribution in [0.3, 0.4) is 0 Å². The summed E-state index contributed by atoms with van der Waals surface area (Å²) >= 11 is 0. The predicted octanol–water partition coefficient (Wildman–Crippen LogP) is 3.62. The highest BCUT2D eigenvalue weighted by molar-refractivity contribution is 6.11. The monoisotopic (exact) mass is 452 g/mol. The van der Waals surface area contributed by atoms with E-state index in [0.29, 0.717) is 19.4 Å². The van der Waals surface area contributed by atoms with Crippen LogP contribution >= 0.6 is 0 Å². The van der Waals surface area contributed by atoms with E-state index >= 15 is 0 Å². The number of ether oxygens (including phenoxy) is 1. The van der Waals surface area contributed by atoms with Gasteiger partial charge < -0.3 is 24.8 Å². The molecule has 0 bridgehead atoms. The van der Waals surface area contributed by atoms with Crippen molar-refractivity contribution in [3.8, 4) is 0 Å².